The van der Waals surface area contributed by atoms with Crippen LogP contribution in [-0.4, -0.2) is 30.0 Å². The topological polar surface area (TPSA) is 45.2 Å². The summed E-state index contributed by atoms with van der Waals surface area (Å²) in [6, 6.07) is 10.9. The summed E-state index contributed by atoms with van der Waals surface area (Å²) in [6.07, 6.45) is 6.03. The first-order valence-corrected chi connectivity index (χ1v) is 8.20. The van der Waals surface area contributed by atoms with Crippen LogP contribution in [-0.2, 0) is 4.79 Å². The van der Waals surface area contributed by atoms with Gasteiger partial charge in [0, 0.05) is 36.6 Å². The number of hydrogen-bond donors (Lipinski definition) is 1. The lowest BCUT2D eigenvalue weighted by Crippen LogP contribution is -2.41. The van der Waals surface area contributed by atoms with E-state index in [1.807, 2.05) is 6.20 Å². The van der Waals surface area contributed by atoms with Crippen molar-refractivity contribution in [3.63, 3.8) is 0 Å². The molecule has 1 N–H and O–H groups in total. The summed E-state index contributed by atoms with van der Waals surface area (Å²) in [4.78, 5) is 19.1. The Balaban J connectivity index is 1.47. The molecule has 2 aliphatic rings. The number of aromatic nitrogens is 1. The molecule has 1 saturated carbocycles. The molecule has 4 rings (SSSR count). The lowest BCUT2D eigenvalue weighted by molar-refractivity contribution is -0.125. The summed E-state index contributed by atoms with van der Waals surface area (Å²) in [6.45, 7) is 1.81. The predicted molar refractivity (Wildman–Crippen MR) is 87.8 cm³/mol. The third-order valence-corrected chi connectivity index (χ3v) is 4.74. The van der Waals surface area contributed by atoms with Crippen LogP contribution in [0.3, 0.4) is 0 Å². The van der Waals surface area contributed by atoms with E-state index in [1.54, 1.807) is 0 Å². The summed E-state index contributed by atoms with van der Waals surface area (Å²) in [7, 11) is 0. The molecule has 0 bridgehead atoms. The fraction of sp³-hybridized carbons (Fsp3) is 0.444. The Morgan fingerprint density at radius 2 is 1.86 bits per heavy atom. The first-order valence-electron chi connectivity index (χ1n) is 8.20. The monoisotopic (exact) mass is 295 g/mol. The maximum absolute atomic E-state index is 12.2. The van der Waals surface area contributed by atoms with Crippen LogP contribution in [0.15, 0.2) is 36.5 Å². The number of carbonyl (C=O) groups excluding carboxylic acids is 1. The van der Waals surface area contributed by atoms with E-state index in [2.05, 4.69) is 45.5 Å². The number of pyridine rings is 1. The highest BCUT2D eigenvalue weighted by Crippen LogP contribution is 2.29. The van der Waals surface area contributed by atoms with Crippen LogP contribution in [0.4, 0.5) is 5.82 Å². The minimum atomic E-state index is 0.173. The second kappa shape index (κ2) is 5.59. The van der Waals surface area contributed by atoms with Gasteiger partial charge in [-0.25, -0.2) is 4.98 Å². The van der Waals surface area contributed by atoms with Gasteiger partial charge in [-0.1, -0.05) is 24.3 Å². The number of fused-ring (bicyclic) bond motifs is 1. The second-order valence-electron chi connectivity index (χ2n) is 6.40. The van der Waals surface area contributed by atoms with Crippen LogP contribution < -0.4 is 10.2 Å². The van der Waals surface area contributed by atoms with Crippen molar-refractivity contribution < 1.29 is 4.79 Å². The number of anilines is 1. The van der Waals surface area contributed by atoms with Gasteiger partial charge >= 0.3 is 0 Å². The number of benzene rings is 1. The van der Waals surface area contributed by atoms with Crippen molar-refractivity contribution in [2.75, 3.05) is 18.0 Å². The van der Waals surface area contributed by atoms with Crippen molar-refractivity contribution in [3.05, 3.63) is 36.5 Å². The van der Waals surface area contributed by atoms with Crippen LogP contribution in [0.5, 0.6) is 0 Å². The lowest BCUT2D eigenvalue weighted by Gasteiger charge is -2.32. The fourth-order valence-corrected chi connectivity index (χ4v) is 3.26. The molecule has 1 saturated heterocycles. The highest BCUT2D eigenvalue weighted by molar-refractivity contribution is 5.92. The molecule has 1 aliphatic carbocycles. The zero-order chi connectivity index (χ0) is 14.9. The van der Waals surface area contributed by atoms with Gasteiger partial charge in [-0.2, -0.15) is 0 Å². The third-order valence-electron chi connectivity index (χ3n) is 4.74. The van der Waals surface area contributed by atoms with Crippen molar-refractivity contribution in [2.24, 2.45) is 5.92 Å². The minimum absolute atomic E-state index is 0.173. The van der Waals surface area contributed by atoms with Crippen molar-refractivity contribution in [1.82, 2.24) is 10.3 Å². The largest absolute Gasteiger partial charge is 0.356 e. The molecule has 22 heavy (non-hydrogen) atoms. The normalized spacial score (nSPS) is 19.4. The molecule has 4 nitrogen and oxygen atoms in total. The maximum atomic E-state index is 12.2. The van der Waals surface area contributed by atoms with E-state index in [-0.39, 0.29) is 11.8 Å². The molecule has 4 heteroatoms. The molecule has 2 heterocycles. The zero-order valence-corrected chi connectivity index (χ0v) is 12.7. The molecule has 1 aromatic heterocycles. The first-order chi connectivity index (χ1) is 10.8. The van der Waals surface area contributed by atoms with E-state index in [0.29, 0.717) is 6.04 Å². The SMILES string of the molecule is O=C(NC1CC1)C1CCN(c2nccc3ccccc23)CC1. The van der Waals surface area contributed by atoms with Crippen molar-refractivity contribution in [2.45, 2.75) is 31.7 Å². The average Bonchev–Trinajstić information content (AvgIpc) is 3.38. The van der Waals surface area contributed by atoms with Crippen LogP contribution in [0, 0.1) is 5.92 Å². The number of nitrogens with zero attached hydrogens (tertiary/aromatic N) is 2. The Hall–Kier alpha value is -2.10. The van der Waals surface area contributed by atoms with Gasteiger partial charge in [0.05, 0.1) is 0 Å². The summed E-state index contributed by atoms with van der Waals surface area (Å²) in [5.41, 5.74) is 0. The molecule has 114 valence electrons. The molecule has 0 spiro atoms. The molecule has 0 atom stereocenters. The Labute approximate surface area is 130 Å². The lowest BCUT2D eigenvalue weighted by atomic mass is 9.95. The van der Waals surface area contributed by atoms with E-state index in [4.69, 9.17) is 0 Å². The Bertz CT molecular complexity index is 682. The Morgan fingerprint density at radius 3 is 2.64 bits per heavy atom. The van der Waals surface area contributed by atoms with E-state index in [1.165, 1.54) is 10.8 Å². The molecule has 2 aromatic rings. The molecule has 0 radical (unpaired) electrons. The van der Waals surface area contributed by atoms with Crippen molar-refractivity contribution in [1.29, 1.82) is 0 Å². The molecule has 1 amide bonds. The summed E-state index contributed by atoms with van der Waals surface area (Å²) >= 11 is 0. The maximum Gasteiger partial charge on any atom is 0.223 e. The van der Waals surface area contributed by atoms with Crippen LogP contribution in [0.25, 0.3) is 10.8 Å². The average molecular weight is 295 g/mol. The quantitative estimate of drug-likeness (QED) is 0.947. The Kier molecular flexibility index (Phi) is 3.45. The number of carbonyl (C=O) groups is 1. The zero-order valence-electron chi connectivity index (χ0n) is 12.7. The molecule has 2 fully saturated rings. The summed E-state index contributed by atoms with van der Waals surface area (Å²) in [5.74, 6) is 1.49. The number of amides is 1. The summed E-state index contributed by atoms with van der Waals surface area (Å²) in [5, 5.41) is 5.56. The predicted octanol–water partition coefficient (Wildman–Crippen LogP) is 2.73. The van der Waals surface area contributed by atoms with Gasteiger partial charge in [-0.05, 0) is 37.1 Å². The van der Waals surface area contributed by atoms with Gasteiger partial charge in [-0.15, -0.1) is 0 Å². The molecule has 0 unspecified atom stereocenters. The van der Waals surface area contributed by atoms with Crippen molar-refractivity contribution >= 4 is 22.5 Å². The Morgan fingerprint density at radius 1 is 1.09 bits per heavy atom. The van der Waals surface area contributed by atoms with Crippen LogP contribution in [0.2, 0.25) is 0 Å². The van der Waals surface area contributed by atoms with E-state index < -0.39 is 0 Å². The van der Waals surface area contributed by atoms with E-state index in [0.717, 1.165) is 44.6 Å². The molecule has 1 aromatic carbocycles. The van der Waals surface area contributed by atoms with Gasteiger partial charge in [0.25, 0.3) is 0 Å². The molecular formula is C18H21N3O. The van der Waals surface area contributed by atoms with Crippen LogP contribution in [0.1, 0.15) is 25.7 Å². The van der Waals surface area contributed by atoms with Gasteiger partial charge in [0.15, 0.2) is 0 Å². The number of nitrogens with one attached hydrogen (secondary N) is 1. The number of piperidine rings is 1. The number of rotatable bonds is 3. The van der Waals surface area contributed by atoms with Gasteiger partial charge < -0.3 is 10.2 Å². The standard InChI is InChI=1S/C18H21N3O/c22-18(20-15-5-6-15)14-8-11-21(12-9-14)17-16-4-2-1-3-13(16)7-10-19-17/h1-4,7,10,14-15H,5-6,8-9,11-12H2,(H,20,22). The molecular weight excluding hydrogens is 274 g/mol. The van der Waals surface area contributed by atoms with E-state index >= 15 is 0 Å². The summed E-state index contributed by atoms with van der Waals surface area (Å²) < 4.78 is 0. The first kappa shape index (κ1) is 13.6. The molecule has 1 aliphatic heterocycles. The highest BCUT2D eigenvalue weighted by atomic mass is 16.2. The number of hydrogen-bond acceptors (Lipinski definition) is 3. The highest BCUT2D eigenvalue weighted by Gasteiger charge is 2.30. The van der Waals surface area contributed by atoms with E-state index in [9.17, 15) is 4.79 Å². The third kappa shape index (κ3) is 2.65. The van der Waals surface area contributed by atoms with Gasteiger partial charge in [0.2, 0.25) is 5.91 Å². The van der Waals surface area contributed by atoms with Crippen molar-refractivity contribution in [3.8, 4) is 0 Å². The van der Waals surface area contributed by atoms with Gasteiger partial charge in [0.1, 0.15) is 5.82 Å². The minimum Gasteiger partial charge on any atom is -0.356 e. The smallest absolute Gasteiger partial charge is 0.223 e. The van der Waals surface area contributed by atoms with Crippen LogP contribution >= 0.6 is 0 Å². The second-order valence-corrected chi connectivity index (χ2v) is 6.40. The van der Waals surface area contributed by atoms with Gasteiger partial charge in [-0.3, -0.25) is 4.79 Å². The fourth-order valence-electron chi connectivity index (χ4n) is 3.26.